The zero-order valence-corrected chi connectivity index (χ0v) is 12.7. The van der Waals surface area contributed by atoms with Crippen LogP contribution in [0.15, 0.2) is 18.2 Å². The summed E-state index contributed by atoms with van der Waals surface area (Å²) in [5, 5.41) is 4.42. The van der Waals surface area contributed by atoms with E-state index in [2.05, 4.69) is 68.1 Å². The van der Waals surface area contributed by atoms with Crippen LogP contribution in [0.1, 0.15) is 25.3 Å². The third kappa shape index (κ3) is 3.14. The first-order valence-electron chi connectivity index (χ1n) is 6.74. The lowest BCUT2D eigenvalue weighted by molar-refractivity contribution is 0.617. The molecule has 18 heavy (non-hydrogen) atoms. The molecule has 100 valence electrons. The number of rotatable bonds is 3. The molecule has 0 bridgehead atoms. The third-order valence-electron chi connectivity index (χ3n) is 3.65. The Hall–Kier alpha value is -0.830. The van der Waals surface area contributed by atoms with Crippen molar-refractivity contribution in [3.05, 3.63) is 23.8 Å². The highest BCUT2D eigenvalue weighted by Gasteiger charge is 2.21. The number of anilines is 2. The van der Waals surface area contributed by atoms with Gasteiger partial charge in [-0.25, -0.2) is 0 Å². The summed E-state index contributed by atoms with van der Waals surface area (Å²) in [6.07, 6.45) is 2.62. The standard InChI is InChI=1S/C15H24N2S/c1-11-7-8-13(10-15(11)17(3)4)16-14-6-5-9-18-12(14)2/h7-8,10,12,14,16H,5-6,9H2,1-4H3. The van der Waals surface area contributed by atoms with Gasteiger partial charge in [-0.3, -0.25) is 0 Å². The second-order valence-electron chi connectivity index (χ2n) is 5.36. The molecular weight excluding hydrogens is 240 g/mol. The summed E-state index contributed by atoms with van der Waals surface area (Å²) in [7, 11) is 4.20. The maximum atomic E-state index is 3.71. The Kier molecular flexibility index (Phi) is 4.44. The Morgan fingerprint density at radius 2 is 2.11 bits per heavy atom. The lowest BCUT2D eigenvalue weighted by atomic mass is 10.1. The minimum Gasteiger partial charge on any atom is -0.381 e. The van der Waals surface area contributed by atoms with E-state index >= 15 is 0 Å². The molecule has 1 saturated heterocycles. The van der Waals surface area contributed by atoms with E-state index in [1.807, 2.05) is 0 Å². The minimum atomic E-state index is 0.612. The average molecular weight is 264 g/mol. The van der Waals surface area contributed by atoms with E-state index in [4.69, 9.17) is 0 Å². The van der Waals surface area contributed by atoms with E-state index in [1.54, 1.807) is 0 Å². The molecule has 1 N–H and O–H groups in total. The lowest BCUT2D eigenvalue weighted by Gasteiger charge is -2.30. The molecule has 2 atom stereocenters. The number of hydrogen-bond donors (Lipinski definition) is 1. The molecule has 3 heteroatoms. The molecule has 0 saturated carbocycles. The molecule has 2 nitrogen and oxygen atoms in total. The second-order valence-corrected chi connectivity index (χ2v) is 6.85. The van der Waals surface area contributed by atoms with E-state index in [1.165, 1.54) is 35.5 Å². The molecule has 0 amide bonds. The molecule has 0 spiro atoms. The number of benzene rings is 1. The molecule has 1 fully saturated rings. The first-order valence-corrected chi connectivity index (χ1v) is 7.79. The summed E-state index contributed by atoms with van der Waals surface area (Å²) in [5.41, 5.74) is 3.89. The zero-order chi connectivity index (χ0) is 13.1. The highest BCUT2D eigenvalue weighted by Crippen LogP contribution is 2.29. The Balaban J connectivity index is 2.11. The molecule has 0 aliphatic carbocycles. The summed E-state index contributed by atoms with van der Waals surface area (Å²) in [6, 6.07) is 7.29. The van der Waals surface area contributed by atoms with Crippen molar-refractivity contribution < 1.29 is 0 Å². The molecule has 2 rings (SSSR count). The Morgan fingerprint density at radius 3 is 2.78 bits per heavy atom. The third-order valence-corrected chi connectivity index (χ3v) is 5.03. The molecular formula is C15H24N2S. The molecule has 1 aromatic rings. The van der Waals surface area contributed by atoms with Crippen LogP contribution in [0.4, 0.5) is 11.4 Å². The molecule has 0 radical (unpaired) electrons. The fourth-order valence-electron chi connectivity index (χ4n) is 2.51. The largest absolute Gasteiger partial charge is 0.381 e. The first-order chi connectivity index (χ1) is 8.58. The van der Waals surface area contributed by atoms with E-state index in [0.717, 1.165) is 0 Å². The SMILES string of the molecule is Cc1ccc(NC2CCCSC2C)cc1N(C)C. The Labute approximate surface area is 115 Å². The fourth-order valence-corrected chi connectivity index (χ4v) is 3.65. The second kappa shape index (κ2) is 5.87. The van der Waals surface area contributed by atoms with Crippen LogP contribution < -0.4 is 10.2 Å². The predicted molar refractivity (Wildman–Crippen MR) is 84.1 cm³/mol. The predicted octanol–water partition coefficient (Wildman–Crippen LogP) is 3.76. The van der Waals surface area contributed by atoms with Gasteiger partial charge in [-0.2, -0.15) is 11.8 Å². The van der Waals surface area contributed by atoms with Crippen LogP contribution in [0, 0.1) is 6.92 Å². The van der Waals surface area contributed by atoms with Gasteiger partial charge >= 0.3 is 0 Å². The van der Waals surface area contributed by atoms with Crippen molar-refractivity contribution in [2.45, 2.75) is 38.0 Å². The fraction of sp³-hybridized carbons (Fsp3) is 0.600. The lowest BCUT2D eigenvalue weighted by Crippen LogP contribution is -2.32. The van der Waals surface area contributed by atoms with Crippen LogP contribution in [0.5, 0.6) is 0 Å². The van der Waals surface area contributed by atoms with Crippen LogP contribution in [0.25, 0.3) is 0 Å². The van der Waals surface area contributed by atoms with E-state index in [9.17, 15) is 0 Å². The van der Waals surface area contributed by atoms with Gasteiger partial charge in [-0.05, 0) is 43.2 Å². The van der Waals surface area contributed by atoms with Gasteiger partial charge in [0.15, 0.2) is 0 Å². The van der Waals surface area contributed by atoms with E-state index in [-0.39, 0.29) is 0 Å². The van der Waals surface area contributed by atoms with E-state index < -0.39 is 0 Å². The van der Waals surface area contributed by atoms with Crippen molar-refractivity contribution in [1.82, 2.24) is 0 Å². The summed E-state index contributed by atoms with van der Waals surface area (Å²) >= 11 is 2.09. The summed E-state index contributed by atoms with van der Waals surface area (Å²) in [5.74, 6) is 1.32. The molecule has 1 aliphatic heterocycles. The monoisotopic (exact) mass is 264 g/mol. The highest BCUT2D eigenvalue weighted by atomic mass is 32.2. The van der Waals surface area contributed by atoms with Crippen molar-refractivity contribution in [2.24, 2.45) is 0 Å². The van der Waals surface area contributed by atoms with Crippen molar-refractivity contribution >= 4 is 23.1 Å². The summed E-state index contributed by atoms with van der Waals surface area (Å²) in [4.78, 5) is 2.18. The molecule has 0 aromatic heterocycles. The zero-order valence-electron chi connectivity index (χ0n) is 11.9. The van der Waals surface area contributed by atoms with Gasteiger partial charge in [0.05, 0.1) is 0 Å². The van der Waals surface area contributed by atoms with Crippen molar-refractivity contribution in [1.29, 1.82) is 0 Å². The van der Waals surface area contributed by atoms with Crippen molar-refractivity contribution in [3.8, 4) is 0 Å². The van der Waals surface area contributed by atoms with Gasteiger partial charge in [0.1, 0.15) is 0 Å². The number of nitrogens with one attached hydrogen (secondary N) is 1. The van der Waals surface area contributed by atoms with Crippen LogP contribution in [0.3, 0.4) is 0 Å². The maximum Gasteiger partial charge on any atom is 0.0411 e. The number of thioether (sulfide) groups is 1. The Morgan fingerprint density at radius 1 is 1.33 bits per heavy atom. The normalized spacial score (nSPS) is 23.8. The van der Waals surface area contributed by atoms with E-state index in [0.29, 0.717) is 11.3 Å². The quantitative estimate of drug-likeness (QED) is 0.895. The van der Waals surface area contributed by atoms with Crippen molar-refractivity contribution in [2.75, 3.05) is 30.1 Å². The first kappa shape index (κ1) is 13.6. The highest BCUT2D eigenvalue weighted by molar-refractivity contribution is 8.00. The van der Waals surface area contributed by atoms with Gasteiger partial charge in [-0.15, -0.1) is 0 Å². The molecule has 1 heterocycles. The maximum absolute atomic E-state index is 3.71. The van der Waals surface area contributed by atoms with Gasteiger partial charge in [0.2, 0.25) is 0 Å². The Bertz CT molecular complexity index is 403. The van der Waals surface area contributed by atoms with Gasteiger partial charge in [-0.1, -0.05) is 13.0 Å². The smallest absolute Gasteiger partial charge is 0.0411 e. The van der Waals surface area contributed by atoms with Gasteiger partial charge in [0, 0.05) is 36.8 Å². The topological polar surface area (TPSA) is 15.3 Å². The number of hydrogen-bond acceptors (Lipinski definition) is 3. The van der Waals surface area contributed by atoms with Crippen molar-refractivity contribution in [3.63, 3.8) is 0 Å². The van der Waals surface area contributed by atoms with Crippen LogP contribution >= 0.6 is 11.8 Å². The number of aryl methyl sites for hydroxylation is 1. The number of nitrogens with zero attached hydrogens (tertiary/aromatic N) is 1. The van der Waals surface area contributed by atoms with Crippen LogP contribution in [0.2, 0.25) is 0 Å². The molecule has 1 aliphatic rings. The van der Waals surface area contributed by atoms with Gasteiger partial charge in [0.25, 0.3) is 0 Å². The van der Waals surface area contributed by atoms with Crippen LogP contribution in [-0.2, 0) is 0 Å². The molecule has 1 aromatic carbocycles. The minimum absolute atomic E-state index is 0.612. The van der Waals surface area contributed by atoms with Gasteiger partial charge < -0.3 is 10.2 Å². The molecule has 2 unspecified atom stereocenters. The summed E-state index contributed by atoms with van der Waals surface area (Å²) in [6.45, 7) is 4.50. The van der Waals surface area contributed by atoms with Crippen LogP contribution in [-0.4, -0.2) is 31.1 Å². The summed E-state index contributed by atoms with van der Waals surface area (Å²) < 4.78 is 0. The average Bonchev–Trinajstić information content (AvgIpc) is 2.34.